The van der Waals surface area contributed by atoms with Gasteiger partial charge in [-0.25, -0.2) is 0 Å². The van der Waals surface area contributed by atoms with Crippen LogP contribution in [-0.2, 0) is 4.74 Å². The smallest absolute Gasteiger partial charge is 0.0857 e. The maximum atomic E-state index is 8.39. The zero-order chi connectivity index (χ0) is 8.69. The third kappa shape index (κ3) is 7.36. The Kier molecular flexibility index (Phi) is 5.88. The predicted molar refractivity (Wildman–Crippen MR) is 45.3 cm³/mol. The van der Waals surface area contributed by atoms with Crippen LogP contribution in [0.2, 0.25) is 0 Å². The van der Waals surface area contributed by atoms with E-state index in [-0.39, 0.29) is 6.61 Å². The SMILES string of the molecule is C=C(COCCO)NC(C)C. The van der Waals surface area contributed by atoms with Crippen molar-refractivity contribution < 1.29 is 9.84 Å². The van der Waals surface area contributed by atoms with Crippen molar-refractivity contribution in [3.8, 4) is 0 Å². The molecule has 0 aromatic carbocycles. The number of aliphatic hydroxyl groups excluding tert-OH is 1. The molecule has 0 spiro atoms. The minimum absolute atomic E-state index is 0.0644. The van der Waals surface area contributed by atoms with Gasteiger partial charge in [0.15, 0.2) is 0 Å². The maximum Gasteiger partial charge on any atom is 0.0857 e. The van der Waals surface area contributed by atoms with E-state index in [1.165, 1.54) is 0 Å². The van der Waals surface area contributed by atoms with Gasteiger partial charge in [0.1, 0.15) is 0 Å². The van der Waals surface area contributed by atoms with Gasteiger partial charge < -0.3 is 15.2 Å². The summed E-state index contributed by atoms with van der Waals surface area (Å²) in [5, 5.41) is 11.5. The molecule has 3 heteroatoms. The lowest BCUT2D eigenvalue weighted by atomic mass is 10.3. The summed E-state index contributed by atoms with van der Waals surface area (Å²) in [5.41, 5.74) is 0.855. The average Bonchev–Trinajstić information content (AvgIpc) is 1.86. The third-order valence-electron chi connectivity index (χ3n) is 1.00. The summed E-state index contributed by atoms with van der Waals surface area (Å²) in [6.45, 7) is 8.74. The lowest BCUT2D eigenvalue weighted by Crippen LogP contribution is -2.24. The van der Waals surface area contributed by atoms with Gasteiger partial charge in [0.2, 0.25) is 0 Å². The van der Waals surface area contributed by atoms with Crippen LogP contribution in [0.5, 0.6) is 0 Å². The summed E-state index contributed by atoms with van der Waals surface area (Å²) in [6, 6.07) is 0.389. The molecule has 0 heterocycles. The van der Waals surface area contributed by atoms with Crippen molar-refractivity contribution >= 4 is 0 Å². The van der Waals surface area contributed by atoms with Crippen LogP contribution in [0, 0.1) is 0 Å². The van der Waals surface area contributed by atoms with Crippen molar-refractivity contribution in [1.82, 2.24) is 5.32 Å². The van der Waals surface area contributed by atoms with E-state index in [1.54, 1.807) is 0 Å². The third-order valence-corrected chi connectivity index (χ3v) is 1.00. The van der Waals surface area contributed by atoms with Crippen molar-refractivity contribution in [2.45, 2.75) is 19.9 Å². The quantitative estimate of drug-likeness (QED) is 0.555. The number of hydrogen-bond acceptors (Lipinski definition) is 3. The number of rotatable bonds is 6. The summed E-state index contributed by atoms with van der Waals surface area (Å²) in [4.78, 5) is 0. The highest BCUT2D eigenvalue weighted by atomic mass is 16.5. The summed E-state index contributed by atoms with van der Waals surface area (Å²) < 4.78 is 5.03. The van der Waals surface area contributed by atoms with E-state index in [1.807, 2.05) is 13.8 Å². The summed E-state index contributed by atoms with van der Waals surface area (Å²) in [7, 11) is 0. The monoisotopic (exact) mass is 159 g/mol. The Balaban J connectivity index is 3.23. The van der Waals surface area contributed by atoms with Crippen molar-refractivity contribution in [2.24, 2.45) is 0 Å². The zero-order valence-corrected chi connectivity index (χ0v) is 7.26. The molecule has 0 radical (unpaired) electrons. The molecular weight excluding hydrogens is 142 g/mol. The number of ether oxygens (including phenoxy) is 1. The summed E-state index contributed by atoms with van der Waals surface area (Å²) in [5.74, 6) is 0. The molecule has 0 unspecified atom stereocenters. The molecule has 0 aromatic heterocycles. The van der Waals surface area contributed by atoms with Gasteiger partial charge in [0.25, 0.3) is 0 Å². The second-order valence-electron chi connectivity index (χ2n) is 2.68. The van der Waals surface area contributed by atoms with Gasteiger partial charge in [-0.15, -0.1) is 0 Å². The highest BCUT2D eigenvalue weighted by Gasteiger charge is 1.95. The van der Waals surface area contributed by atoms with Gasteiger partial charge in [-0.3, -0.25) is 0 Å². The van der Waals surface area contributed by atoms with Crippen LogP contribution in [0.3, 0.4) is 0 Å². The fourth-order valence-corrected chi connectivity index (χ4v) is 0.710. The Morgan fingerprint density at radius 1 is 1.64 bits per heavy atom. The van der Waals surface area contributed by atoms with Crippen LogP contribution in [0.4, 0.5) is 0 Å². The molecule has 0 aliphatic carbocycles. The number of nitrogens with one attached hydrogen (secondary N) is 1. The van der Waals surface area contributed by atoms with Gasteiger partial charge in [-0.05, 0) is 13.8 Å². The molecule has 11 heavy (non-hydrogen) atoms. The van der Waals surface area contributed by atoms with Gasteiger partial charge in [0, 0.05) is 11.7 Å². The molecule has 0 fully saturated rings. The van der Waals surface area contributed by atoms with Crippen LogP contribution in [-0.4, -0.2) is 31.0 Å². The Bertz CT molecular complexity index is 113. The van der Waals surface area contributed by atoms with Crippen LogP contribution in [0.15, 0.2) is 12.3 Å². The average molecular weight is 159 g/mol. The van der Waals surface area contributed by atoms with Gasteiger partial charge in [0.05, 0.1) is 19.8 Å². The first kappa shape index (κ1) is 10.5. The van der Waals surface area contributed by atoms with E-state index in [0.717, 1.165) is 5.70 Å². The summed E-state index contributed by atoms with van der Waals surface area (Å²) in [6.07, 6.45) is 0. The molecule has 2 N–H and O–H groups in total. The molecule has 0 aromatic rings. The Labute approximate surface area is 68.1 Å². The molecule has 3 nitrogen and oxygen atoms in total. The van der Waals surface area contributed by atoms with Crippen molar-refractivity contribution in [2.75, 3.05) is 19.8 Å². The zero-order valence-electron chi connectivity index (χ0n) is 7.26. The fourth-order valence-electron chi connectivity index (χ4n) is 0.710. The normalized spacial score (nSPS) is 10.2. The number of aliphatic hydroxyl groups is 1. The molecule has 0 rings (SSSR count). The topological polar surface area (TPSA) is 41.5 Å². The Hall–Kier alpha value is -0.540. The lowest BCUT2D eigenvalue weighted by molar-refractivity contribution is 0.105. The molecule has 0 aliphatic heterocycles. The van der Waals surface area contributed by atoms with E-state index >= 15 is 0 Å². The first-order valence-corrected chi connectivity index (χ1v) is 3.79. The molecule has 0 saturated carbocycles. The standard InChI is InChI=1S/C8H17NO2/c1-7(2)9-8(3)6-11-5-4-10/h7,9-10H,3-6H2,1-2H3. The molecule has 0 aliphatic rings. The minimum Gasteiger partial charge on any atom is -0.394 e. The van der Waals surface area contributed by atoms with E-state index in [2.05, 4.69) is 11.9 Å². The van der Waals surface area contributed by atoms with Crippen molar-refractivity contribution in [1.29, 1.82) is 0 Å². The maximum absolute atomic E-state index is 8.39. The van der Waals surface area contributed by atoms with E-state index in [4.69, 9.17) is 9.84 Å². The Morgan fingerprint density at radius 2 is 2.27 bits per heavy atom. The number of hydrogen-bond donors (Lipinski definition) is 2. The molecule has 0 amide bonds. The molecular formula is C8H17NO2. The first-order valence-electron chi connectivity index (χ1n) is 3.79. The molecule has 0 atom stereocenters. The largest absolute Gasteiger partial charge is 0.394 e. The first-order chi connectivity index (χ1) is 5.16. The molecule has 0 saturated heterocycles. The van der Waals surface area contributed by atoms with Crippen LogP contribution in [0.25, 0.3) is 0 Å². The Morgan fingerprint density at radius 3 is 2.73 bits per heavy atom. The minimum atomic E-state index is 0.0644. The highest BCUT2D eigenvalue weighted by Crippen LogP contribution is 1.89. The van der Waals surface area contributed by atoms with Gasteiger partial charge >= 0.3 is 0 Å². The van der Waals surface area contributed by atoms with Crippen molar-refractivity contribution in [3.05, 3.63) is 12.3 Å². The predicted octanol–water partition coefficient (Wildman–Crippen LogP) is 0.507. The second-order valence-corrected chi connectivity index (χ2v) is 2.68. The van der Waals surface area contributed by atoms with E-state index in [9.17, 15) is 0 Å². The van der Waals surface area contributed by atoms with Crippen LogP contribution < -0.4 is 5.32 Å². The van der Waals surface area contributed by atoms with E-state index < -0.39 is 0 Å². The molecule has 66 valence electrons. The van der Waals surface area contributed by atoms with Crippen LogP contribution in [0.1, 0.15) is 13.8 Å². The lowest BCUT2D eigenvalue weighted by Gasteiger charge is -2.12. The fraction of sp³-hybridized carbons (Fsp3) is 0.750. The highest BCUT2D eigenvalue weighted by molar-refractivity contribution is 4.92. The molecule has 0 bridgehead atoms. The summed E-state index contributed by atoms with van der Waals surface area (Å²) >= 11 is 0. The van der Waals surface area contributed by atoms with Gasteiger partial charge in [-0.2, -0.15) is 0 Å². The van der Waals surface area contributed by atoms with E-state index in [0.29, 0.717) is 19.3 Å². The van der Waals surface area contributed by atoms with Crippen LogP contribution >= 0.6 is 0 Å². The van der Waals surface area contributed by atoms with Gasteiger partial charge in [-0.1, -0.05) is 6.58 Å². The second kappa shape index (κ2) is 6.19. The van der Waals surface area contributed by atoms with Crippen molar-refractivity contribution in [3.63, 3.8) is 0 Å².